The summed E-state index contributed by atoms with van der Waals surface area (Å²) in [6.45, 7) is 17.1. The lowest BCUT2D eigenvalue weighted by Gasteiger charge is -2.39. The smallest absolute Gasteiger partial charge is 0.0656 e. The van der Waals surface area contributed by atoms with Gasteiger partial charge in [0, 0.05) is 9.89 Å². The summed E-state index contributed by atoms with van der Waals surface area (Å²) in [5.41, 5.74) is 6.42. The second-order valence-corrected chi connectivity index (χ2v) is 18.0. The van der Waals surface area contributed by atoms with Gasteiger partial charge in [0.05, 0.1) is 8.07 Å². The minimum absolute atomic E-state index is 0.146. The summed E-state index contributed by atoms with van der Waals surface area (Å²) in [5.74, 6) is 1.58. The van der Waals surface area contributed by atoms with E-state index in [1.807, 2.05) is 0 Å². The quantitative estimate of drug-likeness (QED) is 0.221. The van der Waals surface area contributed by atoms with Crippen LogP contribution < -0.4 is 5.19 Å². The van der Waals surface area contributed by atoms with Crippen LogP contribution in [0.15, 0.2) is 40.9 Å². The fourth-order valence-corrected chi connectivity index (χ4v) is 7.85. The molecule has 0 heterocycles. The van der Waals surface area contributed by atoms with Gasteiger partial charge >= 0.3 is 0 Å². The minimum atomic E-state index is -1.40. The van der Waals surface area contributed by atoms with Gasteiger partial charge in [0.2, 0.25) is 0 Å². The minimum Gasteiger partial charge on any atom is -0.0656 e. The number of benzene rings is 2. The molecule has 0 N–H and O–H groups in total. The third-order valence-corrected chi connectivity index (χ3v) is 11.1. The highest BCUT2D eigenvalue weighted by atomic mass is 79.9. The van der Waals surface area contributed by atoms with Gasteiger partial charge in [-0.1, -0.05) is 144 Å². The van der Waals surface area contributed by atoms with Crippen molar-refractivity contribution in [2.75, 3.05) is 0 Å². The van der Waals surface area contributed by atoms with Crippen molar-refractivity contribution in [2.45, 2.75) is 117 Å². The summed E-state index contributed by atoms with van der Waals surface area (Å²) in [6.07, 6.45) is 13.2. The maximum Gasteiger partial charge on any atom is 0.0776 e. The van der Waals surface area contributed by atoms with E-state index in [-0.39, 0.29) is 5.41 Å². The van der Waals surface area contributed by atoms with Gasteiger partial charge in [0.15, 0.2) is 0 Å². The Balaban J connectivity index is 2.23. The summed E-state index contributed by atoms with van der Waals surface area (Å²) < 4.78 is 1.23. The molecule has 2 aromatic rings. The molecule has 1 aliphatic rings. The first-order valence-corrected chi connectivity index (χ1v) is 18.4. The molecule has 2 atom stereocenters. The van der Waals surface area contributed by atoms with E-state index in [1.165, 1.54) is 79.8 Å². The maximum absolute atomic E-state index is 3.86. The van der Waals surface area contributed by atoms with Crippen molar-refractivity contribution in [3.05, 3.63) is 52.0 Å². The van der Waals surface area contributed by atoms with Gasteiger partial charge in [-0.05, 0) is 59.1 Å². The van der Waals surface area contributed by atoms with Gasteiger partial charge in [0.25, 0.3) is 0 Å². The van der Waals surface area contributed by atoms with Crippen LogP contribution in [0.5, 0.6) is 0 Å². The Kier molecular flexibility index (Phi) is 9.71. The molecular weight excluding hydrogens is 492 g/mol. The molecular formula is C32H49BrSi. The molecule has 1 aliphatic carbocycles. The number of fused-ring (bicyclic) bond motifs is 3. The molecule has 0 fully saturated rings. The highest BCUT2D eigenvalue weighted by Crippen LogP contribution is 2.56. The zero-order valence-electron chi connectivity index (χ0n) is 23.1. The van der Waals surface area contributed by atoms with Crippen LogP contribution in [-0.4, -0.2) is 8.07 Å². The maximum atomic E-state index is 3.86. The lowest BCUT2D eigenvalue weighted by Crippen LogP contribution is -2.39. The first-order chi connectivity index (χ1) is 16.2. The predicted octanol–water partition coefficient (Wildman–Crippen LogP) is 10.5. The van der Waals surface area contributed by atoms with Crippen LogP contribution in [0.2, 0.25) is 19.6 Å². The third kappa shape index (κ3) is 5.92. The fraction of sp³-hybridized carbons (Fsp3) is 0.625. The summed E-state index contributed by atoms with van der Waals surface area (Å²) in [5, 5.41) is 1.62. The monoisotopic (exact) mass is 540 g/mol. The van der Waals surface area contributed by atoms with Gasteiger partial charge in [-0.3, -0.25) is 0 Å². The van der Waals surface area contributed by atoms with Crippen molar-refractivity contribution >= 4 is 29.2 Å². The van der Waals surface area contributed by atoms with Crippen molar-refractivity contribution in [1.82, 2.24) is 0 Å². The number of hydrogen-bond donors (Lipinski definition) is 0. The topological polar surface area (TPSA) is 0 Å². The standard InChI is InChI=1S/C32H49BrSi/c1-8-12-14-24(10-3)22-32(23-25(11-4)15-13-9-2)30-20-26(33)16-18-28(30)29-19-17-27(21-31(29)32)34(5,6)7/h16-21,24-25H,8-15,22-23H2,1-7H3. The molecule has 0 radical (unpaired) electrons. The van der Waals surface area contributed by atoms with Gasteiger partial charge in [-0.15, -0.1) is 0 Å². The highest BCUT2D eigenvalue weighted by molar-refractivity contribution is 9.10. The molecule has 0 saturated carbocycles. The Morgan fingerprint density at radius 1 is 0.735 bits per heavy atom. The van der Waals surface area contributed by atoms with Gasteiger partial charge in [0.1, 0.15) is 0 Å². The lowest BCUT2D eigenvalue weighted by atomic mass is 9.65. The van der Waals surface area contributed by atoms with E-state index >= 15 is 0 Å². The summed E-state index contributed by atoms with van der Waals surface area (Å²) in [4.78, 5) is 0. The van der Waals surface area contributed by atoms with E-state index in [2.05, 4.69) is 99.7 Å². The van der Waals surface area contributed by atoms with E-state index in [9.17, 15) is 0 Å². The Bertz CT molecular complexity index is 921. The molecule has 0 nitrogen and oxygen atoms in total. The molecule has 0 aliphatic heterocycles. The second-order valence-electron chi connectivity index (χ2n) is 12.0. The average molecular weight is 542 g/mol. The molecule has 3 rings (SSSR count). The first kappa shape index (κ1) is 27.7. The lowest BCUT2D eigenvalue weighted by molar-refractivity contribution is 0.266. The van der Waals surface area contributed by atoms with Crippen LogP contribution in [-0.2, 0) is 5.41 Å². The van der Waals surface area contributed by atoms with Crippen molar-refractivity contribution in [2.24, 2.45) is 11.8 Å². The zero-order valence-corrected chi connectivity index (χ0v) is 25.7. The predicted molar refractivity (Wildman–Crippen MR) is 159 cm³/mol. The molecule has 2 aromatic carbocycles. The Hall–Kier alpha value is -0.863. The van der Waals surface area contributed by atoms with E-state index in [1.54, 1.807) is 16.3 Å². The molecule has 0 saturated heterocycles. The zero-order chi connectivity index (χ0) is 24.9. The number of unbranched alkanes of at least 4 members (excludes halogenated alkanes) is 2. The molecule has 0 aromatic heterocycles. The SMILES string of the molecule is CCCCC(CC)CC1(CC(CC)CCCC)c2cc(Br)ccc2-c2ccc([Si](C)(C)C)cc21. The van der Waals surface area contributed by atoms with Crippen molar-refractivity contribution < 1.29 is 0 Å². The first-order valence-electron chi connectivity index (χ1n) is 14.2. The van der Waals surface area contributed by atoms with Crippen LogP contribution in [0.25, 0.3) is 11.1 Å². The molecule has 0 bridgehead atoms. The van der Waals surface area contributed by atoms with Crippen molar-refractivity contribution in [1.29, 1.82) is 0 Å². The van der Waals surface area contributed by atoms with Crippen LogP contribution in [0.4, 0.5) is 0 Å². The fourth-order valence-electron chi connectivity index (χ4n) is 6.33. The third-order valence-electron chi connectivity index (χ3n) is 8.55. The van der Waals surface area contributed by atoms with Crippen LogP contribution in [0.1, 0.15) is 103 Å². The Morgan fingerprint density at radius 3 is 1.71 bits per heavy atom. The van der Waals surface area contributed by atoms with Crippen LogP contribution in [0.3, 0.4) is 0 Å². The van der Waals surface area contributed by atoms with Gasteiger partial charge in [-0.2, -0.15) is 0 Å². The molecule has 188 valence electrons. The summed E-state index contributed by atoms with van der Waals surface area (Å²) in [6, 6.07) is 14.8. The van der Waals surface area contributed by atoms with E-state index < -0.39 is 8.07 Å². The average Bonchev–Trinajstić information content (AvgIpc) is 3.07. The second kappa shape index (κ2) is 11.9. The van der Waals surface area contributed by atoms with Crippen LogP contribution in [0, 0.1) is 11.8 Å². The van der Waals surface area contributed by atoms with E-state index in [0.29, 0.717) is 0 Å². The largest absolute Gasteiger partial charge is 0.0776 e. The molecule has 34 heavy (non-hydrogen) atoms. The van der Waals surface area contributed by atoms with Crippen LogP contribution >= 0.6 is 15.9 Å². The van der Waals surface area contributed by atoms with Crippen molar-refractivity contribution in [3.63, 3.8) is 0 Å². The highest BCUT2D eigenvalue weighted by Gasteiger charge is 2.45. The molecule has 0 amide bonds. The summed E-state index contributed by atoms with van der Waals surface area (Å²) >= 11 is 3.86. The number of halogens is 1. The molecule has 2 heteroatoms. The van der Waals surface area contributed by atoms with Gasteiger partial charge in [-0.25, -0.2) is 0 Å². The van der Waals surface area contributed by atoms with E-state index in [0.717, 1.165) is 11.8 Å². The molecule has 0 spiro atoms. The van der Waals surface area contributed by atoms with Crippen molar-refractivity contribution in [3.8, 4) is 11.1 Å². The van der Waals surface area contributed by atoms with Gasteiger partial charge < -0.3 is 0 Å². The normalized spacial score (nSPS) is 19.1. The Labute approximate surface area is 220 Å². The number of hydrogen-bond acceptors (Lipinski definition) is 0. The summed E-state index contributed by atoms with van der Waals surface area (Å²) in [7, 11) is -1.40. The number of rotatable bonds is 13. The molecule has 2 unspecified atom stereocenters. The van der Waals surface area contributed by atoms with E-state index in [4.69, 9.17) is 0 Å². The Morgan fingerprint density at radius 2 is 1.24 bits per heavy atom.